The molecule has 86 valence electrons. The summed E-state index contributed by atoms with van der Waals surface area (Å²) in [7, 11) is 1.96. The van der Waals surface area contributed by atoms with E-state index in [-0.39, 0.29) is 0 Å². The molecule has 0 saturated heterocycles. The van der Waals surface area contributed by atoms with Crippen LogP contribution < -0.4 is 0 Å². The first kappa shape index (κ1) is 11.4. The number of alkyl halides is 1. The van der Waals surface area contributed by atoms with Gasteiger partial charge in [-0.15, -0.1) is 0 Å². The van der Waals surface area contributed by atoms with E-state index in [1.54, 1.807) is 0 Å². The van der Waals surface area contributed by atoms with E-state index in [1.165, 1.54) is 32.1 Å². The van der Waals surface area contributed by atoms with Crippen molar-refractivity contribution < 1.29 is 4.79 Å². The lowest BCUT2D eigenvalue weighted by Gasteiger charge is -2.35. The van der Waals surface area contributed by atoms with Gasteiger partial charge >= 0.3 is 0 Å². The van der Waals surface area contributed by atoms with Crippen molar-refractivity contribution in [3.8, 4) is 0 Å². The van der Waals surface area contributed by atoms with Gasteiger partial charge in [-0.05, 0) is 37.5 Å². The standard InChI is InChI=1S/C12H20BrNO/c1-14(8-10-5-11(13)6-10)12(15)7-9-3-2-4-9/h9-11H,2-8H2,1H3. The highest BCUT2D eigenvalue weighted by molar-refractivity contribution is 9.09. The number of hydrogen-bond donors (Lipinski definition) is 0. The monoisotopic (exact) mass is 273 g/mol. The van der Waals surface area contributed by atoms with Crippen molar-refractivity contribution in [2.45, 2.75) is 43.4 Å². The average Bonchev–Trinajstić information content (AvgIpc) is 2.08. The van der Waals surface area contributed by atoms with Crippen LogP contribution in [0, 0.1) is 11.8 Å². The molecule has 0 aromatic rings. The Kier molecular flexibility index (Phi) is 3.70. The molecule has 0 bridgehead atoms. The summed E-state index contributed by atoms with van der Waals surface area (Å²) >= 11 is 3.58. The summed E-state index contributed by atoms with van der Waals surface area (Å²) in [4.78, 5) is 14.5. The van der Waals surface area contributed by atoms with Crippen LogP contribution in [0.5, 0.6) is 0 Å². The van der Waals surface area contributed by atoms with Gasteiger partial charge in [-0.25, -0.2) is 0 Å². The van der Waals surface area contributed by atoms with Gasteiger partial charge in [0, 0.05) is 24.8 Å². The van der Waals surface area contributed by atoms with Gasteiger partial charge in [0.15, 0.2) is 0 Å². The van der Waals surface area contributed by atoms with Gasteiger partial charge in [0.2, 0.25) is 5.91 Å². The minimum Gasteiger partial charge on any atom is -0.345 e. The quantitative estimate of drug-likeness (QED) is 0.722. The van der Waals surface area contributed by atoms with E-state index in [4.69, 9.17) is 0 Å². The Morgan fingerprint density at radius 2 is 2.00 bits per heavy atom. The van der Waals surface area contributed by atoms with Crippen LogP contribution in [0.1, 0.15) is 38.5 Å². The molecule has 2 fully saturated rings. The lowest BCUT2D eigenvalue weighted by Crippen LogP contribution is -2.38. The van der Waals surface area contributed by atoms with E-state index in [9.17, 15) is 4.79 Å². The number of nitrogens with zero attached hydrogens (tertiary/aromatic N) is 1. The molecule has 1 amide bonds. The Bertz CT molecular complexity index is 234. The molecule has 0 heterocycles. The molecule has 0 aromatic heterocycles. The number of carbonyl (C=O) groups is 1. The van der Waals surface area contributed by atoms with Crippen molar-refractivity contribution in [2.24, 2.45) is 11.8 Å². The van der Waals surface area contributed by atoms with Crippen molar-refractivity contribution in [2.75, 3.05) is 13.6 Å². The summed E-state index contributed by atoms with van der Waals surface area (Å²) in [6, 6.07) is 0. The van der Waals surface area contributed by atoms with Gasteiger partial charge in [-0.2, -0.15) is 0 Å². The van der Waals surface area contributed by atoms with Gasteiger partial charge in [-0.3, -0.25) is 4.79 Å². The molecule has 0 N–H and O–H groups in total. The second-order valence-electron chi connectivity index (χ2n) is 5.21. The normalized spacial score (nSPS) is 30.5. The average molecular weight is 274 g/mol. The summed E-state index contributed by atoms with van der Waals surface area (Å²) < 4.78 is 0. The summed E-state index contributed by atoms with van der Waals surface area (Å²) in [6.45, 7) is 0.966. The molecule has 0 spiro atoms. The lowest BCUT2D eigenvalue weighted by molar-refractivity contribution is -0.132. The van der Waals surface area contributed by atoms with Crippen LogP contribution >= 0.6 is 15.9 Å². The minimum atomic E-state index is 0.359. The van der Waals surface area contributed by atoms with Crippen LogP contribution in [0.25, 0.3) is 0 Å². The van der Waals surface area contributed by atoms with Crippen molar-refractivity contribution in [1.29, 1.82) is 0 Å². The van der Waals surface area contributed by atoms with Crippen LogP contribution in [-0.4, -0.2) is 29.2 Å². The molecule has 3 heteroatoms. The number of halogens is 1. The summed E-state index contributed by atoms with van der Waals surface area (Å²) in [6.07, 6.45) is 7.14. The van der Waals surface area contributed by atoms with Crippen LogP contribution in [0.2, 0.25) is 0 Å². The van der Waals surface area contributed by atoms with E-state index in [0.29, 0.717) is 16.7 Å². The zero-order chi connectivity index (χ0) is 10.8. The van der Waals surface area contributed by atoms with Gasteiger partial charge in [0.05, 0.1) is 0 Å². The molecule has 0 unspecified atom stereocenters. The number of amides is 1. The first-order valence-electron chi connectivity index (χ1n) is 6.03. The van der Waals surface area contributed by atoms with E-state index >= 15 is 0 Å². The first-order valence-corrected chi connectivity index (χ1v) is 6.94. The Hall–Kier alpha value is -0.0500. The molecule has 0 atom stereocenters. The fourth-order valence-corrected chi connectivity index (χ4v) is 3.45. The molecule has 0 aliphatic heterocycles. The van der Waals surface area contributed by atoms with Crippen LogP contribution in [0.3, 0.4) is 0 Å². The molecule has 2 saturated carbocycles. The molecule has 2 aliphatic carbocycles. The maximum atomic E-state index is 11.8. The van der Waals surface area contributed by atoms with Crippen molar-refractivity contribution >= 4 is 21.8 Å². The molecule has 2 rings (SSSR count). The summed E-state index contributed by atoms with van der Waals surface area (Å²) in [5.74, 6) is 1.80. The van der Waals surface area contributed by atoms with Crippen LogP contribution in [0.15, 0.2) is 0 Å². The zero-order valence-corrected chi connectivity index (χ0v) is 11.0. The van der Waals surface area contributed by atoms with Gasteiger partial charge in [0.1, 0.15) is 0 Å². The number of rotatable bonds is 4. The molecule has 0 radical (unpaired) electrons. The Labute approximate surface area is 101 Å². The third kappa shape index (κ3) is 2.96. The topological polar surface area (TPSA) is 20.3 Å². The van der Waals surface area contributed by atoms with Crippen LogP contribution in [0.4, 0.5) is 0 Å². The maximum Gasteiger partial charge on any atom is 0.222 e. The van der Waals surface area contributed by atoms with E-state index in [2.05, 4.69) is 15.9 Å². The highest BCUT2D eigenvalue weighted by Gasteiger charge is 2.29. The predicted molar refractivity (Wildman–Crippen MR) is 65.0 cm³/mol. The molecular formula is C12H20BrNO. The highest BCUT2D eigenvalue weighted by Crippen LogP contribution is 2.34. The van der Waals surface area contributed by atoms with E-state index in [0.717, 1.165) is 18.9 Å². The molecule has 15 heavy (non-hydrogen) atoms. The Balaban J connectivity index is 1.65. The smallest absolute Gasteiger partial charge is 0.222 e. The van der Waals surface area contributed by atoms with Gasteiger partial charge in [-0.1, -0.05) is 22.4 Å². The Morgan fingerprint density at radius 1 is 1.33 bits per heavy atom. The third-order valence-corrected chi connectivity index (χ3v) is 4.57. The minimum absolute atomic E-state index is 0.359. The van der Waals surface area contributed by atoms with Crippen molar-refractivity contribution in [3.63, 3.8) is 0 Å². The van der Waals surface area contributed by atoms with E-state index < -0.39 is 0 Å². The van der Waals surface area contributed by atoms with Gasteiger partial charge < -0.3 is 4.90 Å². The number of hydrogen-bond acceptors (Lipinski definition) is 1. The second-order valence-corrected chi connectivity index (χ2v) is 6.50. The van der Waals surface area contributed by atoms with Crippen molar-refractivity contribution in [3.05, 3.63) is 0 Å². The molecule has 2 aliphatic rings. The largest absolute Gasteiger partial charge is 0.345 e. The molecule has 2 nitrogen and oxygen atoms in total. The first-order chi connectivity index (χ1) is 7.15. The van der Waals surface area contributed by atoms with Gasteiger partial charge in [0.25, 0.3) is 0 Å². The highest BCUT2D eigenvalue weighted by atomic mass is 79.9. The Morgan fingerprint density at radius 3 is 2.47 bits per heavy atom. The van der Waals surface area contributed by atoms with E-state index in [1.807, 2.05) is 11.9 Å². The summed E-state index contributed by atoms with van der Waals surface area (Å²) in [5, 5.41) is 0. The third-order valence-electron chi connectivity index (χ3n) is 3.82. The SMILES string of the molecule is CN(CC1CC(Br)C1)C(=O)CC1CCC1. The molecule has 0 aromatic carbocycles. The lowest BCUT2D eigenvalue weighted by atomic mass is 9.82. The molecular weight excluding hydrogens is 254 g/mol. The zero-order valence-electron chi connectivity index (χ0n) is 9.42. The fraction of sp³-hybridized carbons (Fsp3) is 0.917. The number of carbonyl (C=O) groups excluding carboxylic acids is 1. The van der Waals surface area contributed by atoms with Crippen LogP contribution in [-0.2, 0) is 4.79 Å². The second kappa shape index (κ2) is 4.86. The van der Waals surface area contributed by atoms with Crippen molar-refractivity contribution in [1.82, 2.24) is 4.90 Å². The summed E-state index contributed by atoms with van der Waals surface area (Å²) in [5.41, 5.74) is 0. The maximum absolute atomic E-state index is 11.8. The predicted octanol–water partition coefficient (Wildman–Crippen LogP) is 2.81. The fourth-order valence-electron chi connectivity index (χ4n) is 2.39.